The summed E-state index contributed by atoms with van der Waals surface area (Å²) < 4.78 is 67.2. The third kappa shape index (κ3) is 4.41. The van der Waals surface area contributed by atoms with Crippen LogP contribution < -0.4 is 5.32 Å². The lowest BCUT2D eigenvalue weighted by Crippen LogP contribution is -2.48. The number of hydrogen-bond donors (Lipinski definition) is 2. The Balaban J connectivity index is 1.61. The van der Waals surface area contributed by atoms with Gasteiger partial charge in [0.05, 0.1) is 33.3 Å². The molecule has 11 heteroatoms. The quantitative estimate of drug-likeness (QED) is 0.541. The van der Waals surface area contributed by atoms with Crippen LogP contribution in [0, 0.1) is 46.5 Å². The molecule has 1 unspecified atom stereocenters. The van der Waals surface area contributed by atoms with Gasteiger partial charge in [0.25, 0.3) is 5.91 Å². The summed E-state index contributed by atoms with van der Waals surface area (Å²) in [4.78, 5) is 12.4. The average molecular weight is 527 g/mol. The van der Waals surface area contributed by atoms with Crippen molar-refractivity contribution in [1.29, 1.82) is 5.26 Å². The third-order valence-corrected chi connectivity index (χ3v) is 9.95. The predicted octanol–water partition coefficient (Wildman–Crippen LogP) is 4.86. The van der Waals surface area contributed by atoms with Gasteiger partial charge >= 0.3 is 0 Å². The molecule has 186 valence electrons. The molecule has 2 aromatic carbocycles. The third-order valence-electron chi connectivity index (χ3n) is 7.30. The van der Waals surface area contributed by atoms with Gasteiger partial charge in [-0.2, -0.15) is 5.26 Å². The molecular formula is C24H22ClF3N2O4S. The number of nitrogens with one attached hydrogen (secondary N) is 1. The van der Waals surface area contributed by atoms with Gasteiger partial charge in [0.2, 0.25) is 0 Å². The molecule has 2 fully saturated rings. The van der Waals surface area contributed by atoms with Gasteiger partial charge in [0.15, 0.2) is 27.3 Å². The maximum absolute atomic E-state index is 13.6. The van der Waals surface area contributed by atoms with Gasteiger partial charge in [-0.05, 0) is 55.2 Å². The Bertz CT molecular complexity index is 1320. The number of sulfone groups is 1. The second-order valence-electron chi connectivity index (χ2n) is 9.33. The van der Waals surface area contributed by atoms with E-state index in [0.717, 1.165) is 6.07 Å². The number of halogens is 4. The Hall–Kier alpha value is -2.61. The van der Waals surface area contributed by atoms with Crippen LogP contribution in [0.1, 0.15) is 43.0 Å². The van der Waals surface area contributed by atoms with Crippen LogP contribution in [-0.2, 0) is 9.84 Å². The molecule has 2 bridgehead atoms. The molecule has 35 heavy (non-hydrogen) atoms. The van der Waals surface area contributed by atoms with E-state index in [2.05, 4.69) is 5.32 Å². The van der Waals surface area contributed by atoms with Crippen molar-refractivity contribution in [3.63, 3.8) is 0 Å². The van der Waals surface area contributed by atoms with Gasteiger partial charge in [0, 0.05) is 23.4 Å². The summed E-state index contributed by atoms with van der Waals surface area (Å²) in [7, 11) is -4.03. The van der Waals surface area contributed by atoms with E-state index >= 15 is 0 Å². The second kappa shape index (κ2) is 9.12. The number of benzene rings is 2. The van der Waals surface area contributed by atoms with Gasteiger partial charge in [-0.25, -0.2) is 21.6 Å². The first-order valence-corrected chi connectivity index (χ1v) is 12.9. The zero-order chi connectivity index (χ0) is 25.7. The number of nitriles is 1. The van der Waals surface area contributed by atoms with Crippen molar-refractivity contribution < 1.29 is 31.5 Å². The Labute approximate surface area is 205 Å². The molecule has 2 saturated carbocycles. The fourth-order valence-electron chi connectivity index (χ4n) is 5.57. The zero-order valence-corrected chi connectivity index (χ0v) is 20.1. The molecule has 0 aliphatic heterocycles. The summed E-state index contributed by atoms with van der Waals surface area (Å²) in [5.74, 6) is -6.21. The summed E-state index contributed by atoms with van der Waals surface area (Å²) in [6.45, 7) is 1.93. The molecular weight excluding hydrogens is 505 g/mol. The van der Waals surface area contributed by atoms with Crippen LogP contribution in [0.25, 0.3) is 0 Å². The lowest BCUT2D eigenvalue weighted by atomic mass is 9.72. The summed E-state index contributed by atoms with van der Waals surface area (Å²) in [5, 5.41) is 21.5. The average Bonchev–Trinajstić information content (AvgIpc) is 2.90. The molecule has 0 saturated heterocycles. The fraction of sp³-hybridized carbons (Fsp3) is 0.417. The van der Waals surface area contributed by atoms with E-state index in [9.17, 15) is 31.5 Å². The normalized spacial score (nSPS) is 27.9. The molecule has 4 rings (SSSR count). The number of rotatable bonds is 5. The van der Waals surface area contributed by atoms with E-state index in [4.69, 9.17) is 16.9 Å². The second-order valence-corrected chi connectivity index (χ2v) is 11.9. The van der Waals surface area contributed by atoms with E-state index in [0.29, 0.717) is 18.6 Å². The van der Waals surface area contributed by atoms with Crippen molar-refractivity contribution in [3.05, 3.63) is 58.4 Å². The van der Waals surface area contributed by atoms with Crippen LogP contribution in [0.3, 0.4) is 0 Å². The van der Waals surface area contributed by atoms with E-state index in [1.807, 2.05) is 13.0 Å². The molecule has 2 aromatic rings. The molecule has 0 spiro atoms. The van der Waals surface area contributed by atoms with Gasteiger partial charge in [0.1, 0.15) is 0 Å². The van der Waals surface area contributed by atoms with Crippen LogP contribution in [0.15, 0.2) is 35.2 Å². The monoisotopic (exact) mass is 526 g/mol. The van der Waals surface area contributed by atoms with E-state index < -0.39 is 44.0 Å². The first-order valence-electron chi connectivity index (χ1n) is 11.0. The first kappa shape index (κ1) is 25.5. The first-order chi connectivity index (χ1) is 16.4. The van der Waals surface area contributed by atoms with Crippen LogP contribution >= 0.6 is 11.6 Å². The molecule has 0 heterocycles. The minimum atomic E-state index is -4.03. The number of nitrogens with zero attached hydrogens (tertiary/aromatic N) is 1. The number of carbonyl (C=O) groups excluding carboxylic acids is 1. The topological polar surface area (TPSA) is 107 Å². The van der Waals surface area contributed by atoms with E-state index in [1.165, 1.54) is 12.1 Å². The van der Waals surface area contributed by atoms with Crippen LogP contribution in [0.2, 0.25) is 5.02 Å². The van der Waals surface area contributed by atoms with Crippen LogP contribution in [0.4, 0.5) is 18.9 Å². The summed E-state index contributed by atoms with van der Waals surface area (Å²) in [6.07, 6.45) is 0.845. The maximum atomic E-state index is 13.6. The molecule has 6 nitrogen and oxygen atoms in total. The lowest BCUT2D eigenvalue weighted by Gasteiger charge is -2.41. The van der Waals surface area contributed by atoms with Crippen molar-refractivity contribution in [1.82, 2.24) is 0 Å². The highest BCUT2D eigenvalue weighted by Crippen LogP contribution is 2.56. The van der Waals surface area contributed by atoms with Crippen molar-refractivity contribution in [2.24, 2.45) is 17.8 Å². The molecule has 5 atom stereocenters. The maximum Gasteiger partial charge on any atom is 0.255 e. The van der Waals surface area contributed by atoms with Crippen LogP contribution in [0.5, 0.6) is 0 Å². The number of fused-ring (bicyclic) bond motifs is 2. The molecule has 0 radical (unpaired) electrons. The number of anilines is 1. The van der Waals surface area contributed by atoms with Gasteiger partial charge in [-0.3, -0.25) is 4.79 Å². The lowest BCUT2D eigenvalue weighted by molar-refractivity contribution is -0.0591. The number of aliphatic hydroxyl groups is 1. The predicted molar refractivity (Wildman–Crippen MR) is 122 cm³/mol. The molecule has 2 N–H and O–H groups in total. The van der Waals surface area contributed by atoms with Crippen molar-refractivity contribution in [2.45, 2.75) is 48.4 Å². The zero-order valence-electron chi connectivity index (χ0n) is 18.6. The van der Waals surface area contributed by atoms with E-state index in [-0.39, 0.29) is 58.2 Å². The minimum absolute atomic E-state index is 0.0441. The molecule has 2 aliphatic carbocycles. The Morgan fingerprint density at radius 1 is 1.20 bits per heavy atom. The highest BCUT2D eigenvalue weighted by atomic mass is 35.5. The summed E-state index contributed by atoms with van der Waals surface area (Å²) >= 11 is 6.20. The molecule has 1 amide bonds. The van der Waals surface area contributed by atoms with Crippen LogP contribution in [-0.4, -0.2) is 30.3 Å². The Morgan fingerprint density at radius 3 is 2.46 bits per heavy atom. The number of carbonyl (C=O) groups is 1. The fourth-order valence-corrected chi connectivity index (χ4v) is 7.95. The van der Waals surface area contributed by atoms with E-state index in [1.54, 1.807) is 0 Å². The largest absolute Gasteiger partial charge is 0.388 e. The van der Waals surface area contributed by atoms with Gasteiger partial charge in [-0.15, -0.1) is 0 Å². The minimum Gasteiger partial charge on any atom is -0.388 e. The Kier molecular flexibility index (Phi) is 6.64. The van der Waals surface area contributed by atoms with Crippen molar-refractivity contribution in [2.75, 3.05) is 5.32 Å². The highest BCUT2D eigenvalue weighted by molar-refractivity contribution is 7.92. The molecule has 2 aliphatic rings. The number of amides is 1. The Morgan fingerprint density at radius 2 is 1.86 bits per heavy atom. The highest BCUT2D eigenvalue weighted by Gasteiger charge is 2.58. The van der Waals surface area contributed by atoms with Gasteiger partial charge < -0.3 is 10.4 Å². The SMILES string of the molecule is C[C@@H]1CC2C[C@H](S(=O)(=O)c3cc(C(=O)Nc4cc(F)c(F)c(F)c4)ccc3Cl)C[C@@H]1[C@]2(O)CC#N. The van der Waals surface area contributed by atoms with Crippen molar-refractivity contribution >= 4 is 33.0 Å². The van der Waals surface area contributed by atoms with Crippen molar-refractivity contribution in [3.8, 4) is 6.07 Å². The summed E-state index contributed by atoms with van der Waals surface area (Å²) in [5.41, 5.74) is -1.71. The smallest absolute Gasteiger partial charge is 0.255 e. The van der Waals surface area contributed by atoms with Gasteiger partial charge in [-0.1, -0.05) is 18.5 Å². The standard InChI is InChI=1S/C24H22ClF3N2O4S/c1-12-6-14-8-16(11-17(12)24(14,32)4-5-29)35(33,34)21-7-13(2-3-18(21)25)23(31)30-15-9-19(26)22(28)20(27)10-15/h2-3,7,9-10,12,14,16-17,32H,4,6,8,11H2,1H3,(H,30,31)/t12-,14?,16+,17+,24+/m1/s1. The number of hydrogen-bond acceptors (Lipinski definition) is 5. The summed E-state index contributed by atoms with van der Waals surface area (Å²) in [6, 6.07) is 6.80. The molecule has 0 aromatic heterocycles.